The molecule has 0 bridgehead atoms. The normalized spacial score (nSPS) is 12.0. The summed E-state index contributed by atoms with van der Waals surface area (Å²) in [5.74, 6) is -1.06. The number of ether oxygens (including phenoxy) is 1. The van der Waals surface area contributed by atoms with Gasteiger partial charge in [-0.25, -0.2) is 13.1 Å². The topological polar surface area (TPSA) is 102 Å². The first kappa shape index (κ1) is 20.9. The molecule has 0 heterocycles. The Labute approximate surface area is 159 Å². The monoisotopic (exact) mass is 392 g/mol. The van der Waals surface area contributed by atoms with Crippen LogP contribution in [0.1, 0.15) is 27.2 Å². The van der Waals surface area contributed by atoms with Crippen LogP contribution >= 0.6 is 0 Å². The van der Waals surface area contributed by atoms with Crippen molar-refractivity contribution in [3.05, 3.63) is 42.5 Å². The lowest BCUT2D eigenvalue weighted by atomic mass is 10.1. The maximum atomic E-state index is 12.4. The van der Waals surface area contributed by atoms with Crippen LogP contribution in [0, 0.1) is 0 Å². The van der Waals surface area contributed by atoms with Crippen LogP contribution in [0.4, 0.5) is 0 Å². The fraction of sp³-hybridized carbons (Fsp3) is 0.368. The molecule has 0 aliphatic heterocycles. The first-order valence-electron chi connectivity index (χ1n) is 8.52. The molecule has 1 amide bonds. The van der Waals surface area contributed by atoms with Crippen molar-refractivity contribution < 1.29 is 22.7 Å². The van der Waals surface area contributed by atoms with Gasteiger partial charge in [0.05, 0.1) is 11.3 Å². The molecule has 8 heteroatoms. The average molecular weight is 392 g/mol. The van der Waals surface area contributed by atoms with Gasteiger partial charge >= 0.3 is 5.97 Å². The molecule has 0 fully saturated rings. The van der Waals surface area contributed by atoms with Crippen LogP contribution in [0.5, 0.6) is 0 Å². The van der Waals surface area contributed by atoms with Crippen LogP contribution in [0.25, 0.3) is 10.8 Å². The lowest BCUT2D eigenvalue weighted by Gasteiger charge is -2.20. The molecule has 2 aromatic carbocycles. The predicted octanol–water partition coefficient (Wildman–Crippen LogP) is 1.97. The van der Waals surface area contributed by atoms with Crippen molar-refractivity contribution in [2.75, 3.05) is 13.2 Å². The molecule has 0 atom stereocenters. The molecule has 2 aromatic rings. The zero-order valence-corrected chi connectivity index (χ0v) is 16.4. The zero-order valence-electron chi connectivity index (χ0n) is 15.6. The minimum absolute atomic E-state index is 0.116. The lowest BCUT2D eigenvalue weighted by molar-refractivity contribution is -0.148. The van der Waals surface area contributed by atoms with Crippen molar-refractivity contribution in [1.82, 2.24) is 10.0 Å². The van der Waals surface area contributed by atoms with E-state index in [0.29, 0.717) is 0 Å². The number of rotatable bonds is 7. The Bertz CT molecular complexity index is 933. The molecule has 2 N–H and O–H groups in total. The zero-order chi connectivity index (χ0) is 20.1. The Morgan fingerprint density at radius 1 is 1.04 bits per heavy atom. The van der Waals surface area contributed by atoms with Gasteiger partial charge in [0.2, 0.25) is 10.0 Å². The first-order valence-corrected chi connectivity index (χ1v) is 10.0. The predicted molar refractivity (Wildman–Crippen MR) is 103 cm³/mol. The van der Waals surface area contributed by atoms with Gasteiger partial charge in [-0.2, -0.15) is 0 Å². The van der Waals surface area contributed by atoms with E-state index >= 15 is 0 Å². The van der Waals surface area contributed by atoms with E-state index in [2.05, 4.69) is 10.0 Å². The van der Waals surface area contributed by atoms with E-state index in [-0.39, 0.29) is 17.9 Å². The summed E-state index contributed by atoms with van der Waals surface area (Å²) >= 11 is 0. The van der Waals surface area contributed by atoms with Crippen LogP contribution in [0.15, 0.2) is 47.4 Å². The molecule has 27 heavy (non-hydrogen) atoms. The summed E-state index contributed by atoms with van der Waals surface area (Å²) < 4.78 is 31.9. The Morgan fingerprint density at radius 2 is 1.70 bits per heavy atom. The fourth-order valence-corrected chi connectivity index (χ4v) is 3.44. The van der Waals surface area contributed by atoms with Crippen molar-refractivity contribution in [3.63, 3.8) is 0 Å². The van der Waals surface area contributed by atoms with Gasteiger partial charge in [0.25, 0.3) is 5.91 Å². The standard InChI is InChI=1S/C19H24N2O5S/c1-19(2,3)21-17(22)13-26-18(23)10-11-20-27(24,25)16-9-8-14-6-4-5-7-15(14)12-16/h4-9,12,20H,10-11,13H2,1-3H3,(H,21,22). The van der Waals surface area contributed by atoms with Crippen LogP contribution in [-0.4, -0.2) is 39.0 Å². The number of hydrogen-bond acceptors (Lipinski definition) is 5. The van der Waals surface area contributed by atoms with Crippen molar-refractivity contribution >= 4 is 32.7 Å². The van der Waals surface area contributed by atoms with E-state index in [1.54, 1.807) is 12.1 Å². The van der Waals surface area contributed by atoms with E-state index in [9.17, 15) is 18.0 Å². The van der Waals surface area contributed by atoms with Gasteiger partial charge in [-0.3, -0.25) is 9.59 Å². The second-order valence-electron chi connectivity index (χ2n) is 7.12. The Hall–Kier alpha value is -2.45. The van der Waals surface area contributed by atoms with Gasteiger partial charge in [0.15, 0.2) is 6.61 Å². The summed E-state index contributed by atoms with van der Waals surface area (Å²) in [7, 11) is -3.74. The number of fused-ring (bicyclic) bond motifs is 1. The van der Waals surface area contributed by atoms with Crippen molar-refractivity contribution in [3.8, 4) is 0 Å². The Kier molecular flexibility index (Phi) is 6.56. The van der Waals surface area contributed by atoms with Gasteiger partial charge in [0, 0.05) is 12.1 Å². The smallest absolute Gasteiger partial charge is 0.307 e. The Morgan fingerprint density at radius 3 is 2.37 bits per heavy atom. The fourth-order valence-electron chi connectivity index (χ4n) is 2.38. The average Bonchev–Trinajstić information content (AvgIpc) is 2.58. The van der Waals surface area contributed by atoms with Crippen molar-refractivity contribution in [2.24, 2.45) is 0 Å². The number of carbonyl (C=O) groups is 2. The van der Waals surface area contributed by atoms with Gasteiger partial charge in [0.1, 0.15) is 0 Å². The minimum atomic E-state index is -3.74. The highest BCUT2D eigenvalue weighted by Crippen LogP contribution is 2.18. The summed E-state index contributed by atoms with van der Waals surface area (Å²) in [4.78, 5) is 23.4. The molecule has 7 nitrogen and oxygen atoms in total. The second kappa shape index (κ2) is 8.49. The number of sulfonamides is 1. The molecular weight excluding hydrogens is 368 g/mol. The van der Waals surface area contributed by atoms with E-state index in [4.69, 9.17) is 4.74 Å². The highest BCUT2D eigenvalue weighted by Gasteiger charge is 2.17. The molecular formula is C19H24N2O5S. The molecule has 0 aliphatic carbocycles. The number of esters is 1. The van der Waals surface area contributed by atoms with Crippen LogP contribution < -0.4 is 10.0 Å². The second-order valence-corrected chi connectivity index (χ2v) is 8.88. The van der Waals surface area contributed by atoms with Crippen LogP contribution in [0.3, 0.4) is 0 Å². The molecule has 0 saturated heterocycles. The number of hydrogen-bond donors (Lipinski definition) is 2. The van der Waals surface area contributed by atoms with E-state index < -0.39 is 34.0 Å². The molecule has 2 rings (SSSR count). The summed E-state index contributed by atoms with van der Waals surface area (Å²) in [6.45, 7) is 4.93. The SMILES string of the molecule is CC(C)(C)NC(=O)COC(=O)CCNS(=O)(=O)c1ccc2ccccc2c1. The van der Waals surface area contributed by atoms with Gasteiger partial charge in [-0.1, -0.05) is 30.3 Å². The number of nitrogens with one attached hydrogen (secondary N) is 2. The summed E-state index contributed by atoms with van der Waals surface area (Å²) in [5.41, 5.74) is -0.418. The summed E-state index contributed by atoms with van der Waals surface area (Å²) in [5, 5.41) is 4.41. The largest absolute Gasteiger partial charge is 0.456 e. The van der Waals surface area contributed by atoms with E-state index in [0.717, 1.165) is 10.8 Å². The first-order chi connectivity index (χ1) is 12.6. The van der Waals surface area contributed by atoms with E-state index in [1.165, 1.54) is 6.07 Å². The maximum Gasteiger partial charge on any atom is 0.307 e. The molecule has 146 valence electrons. The van der Waals surface area contributed by atoms with Crippen molar-refractivity contribution in [2.45, 2.75) is 37.6 Å². The quantitative estimate of drug-likeness (QED) is 0.702. The van der Waals surface area contributed by atoms with E-state index in [1.807, 2.05) is 45.0 Å². The van der Waals surface area contributed by atoms with Crippen LogP contribution in [-0.2, 0) is 24.3 Å². The van der Waals surface area contributed by atoms with Gasteiger partial charge in [-0.15, -0.1) is 0 Å². The number of benzene rings is 2. The molecule has 0 aliphatic rings. The highest BCUT2D eigenvalue weighted by atomic mass is 32.2. The third kappa shape index (κ3) is 6.65. The molecule has 0 radical (unpaired) electrons. The third-order valence-corrected chi connectivity index (χ3v) is 4.99. The molecule has 0 unspecified atom stereocenters. The third-order valence-electron chi connectivity index (χ3n) is 3.53. The number of amides is 1. The number of carbonyl (C=O) groups excluding carboxylic acids is 2. The highest BCUT2D eigenvalue weighted by molar-refractivity contribution is 7.89. The van der Waals surface area contributed by atoms with Gasteiger partial charge < -0.3 is 10.1 Å². The van der Waals surface area contributed by atoms with Crippen LogP contribution in [0.2, 0.25) is 0 Å². The van der Waals surface area contributed by atoms with Crippen molar-refractivity contribution in [1.29, 1.82) is 0 Å². The molecule has 0 aromatic heterocycles. The summed E-state index contributed by atoms with van der Waals surface area (Å²) in [6.07, 6.45) is -0.171. The molecule has 0 saturated carbocycles. The minimum Gasteiger partial charge on any atom is -0.456 e. The lowest BCUT2D eigenvalue weighted by Crippen LogP contribution is -2.42. The Balaban J connectivity index is 1.84. The maximum absolute atomic E-state index is 12.4. The summed E-state index contributed by atoms with van der Waals surface area (Å²) in [6, 6.07) is 12.2. The molecule has 0 spiro atoms. The van der Waals surface area contributed by atoms with Gasteiger partial charge in [-0.05, 0) is 43.7 Å².